The average Bonchev–Trinajstić information content (AvgIpc) is 2.70. The van der Waals surface area contributed by atoms with Crippen LogP contribution >= 0.6 is 0 Å². The zero-order chi connectivity index (χ0) is 11.1. The second-order valence-corrected chi connectivity index (χ2v) is 5.27. The SMILES string of the molecule is CC1(C)C(O)CC1NC(=O)N1CCCC1. The zero-order valence-electron chi connectivity index (χ0n) is 9.49. The van der Waals surface area contributed by atoms with Crippen LogP contribution in [0, 0.1) is 5.41 Å². The van der Waals surface area contributed by atoms with E-state index in [4.69, 9.17) is 0 Å². The number of rotatable bonds is 1. The molecule has 1 saturated carbocycles. The van der Waals surface area contributed by atoms with Gasteiger partial charge in [0.25, 0.3) is 0 Å². The molecule has 2 aliphatic rings. The van der Waals surface area contributed by atoms with Crippen LogP contribution in [0.2, 0.25) is 0 Å². The first kappa shape index (κ1) is 10.7. The Balaban J connectivity index is 1.85. The van der Waals surface area contributed by atoms with Crippen LogP contribution in [0.5, 0.6) is 0 Å². The number of carbonyl (C=O) groups is 1. The van der Waals surface area contributed by atoms with E-state index in [0.717, 1.165) is 25.9 Å². The predicted octanol–water partition coefficient (Wildman–Crippen LogP) is 0.951. The van der Waals surface area contributed by atoms with Gasteiger partial charge in [0.1, 0.15) is 0 Å². The Morgan fingerprint density at radius 1 is 1.40 bits per heavy atom. The highest BCUT2D eigenvalue weighted by Gasteiger charge is 2.48. The lowest BCUT2D eigenvalue weighted by atomic mass is 9.64. The smallest absolute Gasteiger partial charge is 0.317 e. The van der Waals surface area contributed by atoms with Gasteiger partial charge in [-0.25, -0.2) is 4.79 Å². The predicted molar refractivity (Wildman–Crippen MR) is 57.5 cm³/mol. The maximum absolute atomic E-state index is 11.8. The number of aliphatic hydroxyl groups excluding tert-OH is 1. The van der Waals surface area contributed by atoms with Crippen LogP contribution in [0.4, 0.5) is 4.79 Å². The third kappa shape index (κ3) is 1.83. The third-order valence-corrected chi connectivity index (χ3v) is 3.91. The summed E-state index contributed by atoms with van der Waals surface area (Å²) in [6, 6.07) is 0.165. The molecule has 0 bridgehead atoms. The van der Waals surface area contributed by atoms with Gasteiger partial charge in [0.15, 0.2) is 0 Å². The summed E-state index contributed by atoms with van der Waals surface area (Å²) in [5.74, 6) is 0. The molecule has 2 atom stereocenters. The number of nitrogens with one attached hydrogen (secondary N) is 1. The minimum atomic E-state index is -0.277. The van der Waals surface area contributed by atoms with Crippen LogP contribution in [-0.2, 0) is 0 Å². The molecule has 2 rings (SSSR count). The van der Waals surface area contributed by atoms with E-state index >= 15 is 0 Å². The first-order valence-electron chi connectivity index (χ1n) is 5.75. The van der Waals surface area contributed by atoms with E-state index in [-0.39, 0.29) is 23.6 Å². The van der Waals surface area contributed by atoms with Crippen molar-refractivity contribution in [2.45, 2.75) is 45.3 Å². The highest BCUT2D eigenvalue weighted by molar-refractivity contribution is 5.75. The summed E-state index contributed by atoms with van der Waals surface area (Å²) in [6.07, 6.45) is 2.64. The summed E-state index contributed by atoms with van der Waals surface area (Å²) < 4.78 is 0. The average molecular weight is 212 g/mol. The Hall–Kier alpha value is -0.770. The molecular weight excluding hydrogens is 192 g/mol. The number of aliphatic hydroxyl groups is 1. The van der Waals surface area contributed by atoms with Crippen LogP contribution in [0.15, 0.2) is 0 Å². The van der Waals surface area contributed by atoms with Crippen molar-refractivity contribution >= 4 is 6.03 Å². The summed E-state index contributed by atoms with van der Waals surface area (Å²) in [6.45, 7) is 5.75. The van der Waals surface area contributed by atoms with Crippen molar-refractivity contribution in [3.63, 3.8) is 0 Å². The minimum absolute atomic E-state index is 0.0393. The van der Waals surface area contributed by atoms with Gasteiger partial charge in [-0.05, 0) is 19.3 Å². The molecule has 2 fully saturated rings. The van der Waals surface area contributed by atoms with E-state index in [1.165, 1.54) is 0 Å². The van der Waals surface area contributed by atoms with Gasteiger partial charge in [0.2, 0.25) is 0 Å². The number of carbonyl (C=O) groups excluding carboxylic acids is 1. The molecule has 0 spiro atoms. The Labute approximate surface area is 90.6 Å². The number of hydrogen-bond acceptors (Lipinski definition) is 2. The monoisotopic (exact) mass is 212 g/mol. The van der Waals surface area contributed by atoms with E-state index in [2.05, 4.69) is 5.32 Å². The lowest BCUT2D eigenvalue weighted by molar-refractivity contribution is -0.0688. The Morgan fingerprint density at radius 2 is 2.00 bits per heavy atom. The van der Waals surface area contributed by atoms with Gasteiger partial charge in [0, 0.05) is 24.5 Å². The topological polar surface area (TPSA) is 52.6 Å². The second kappa shape index (κ2) is 3.67. The van der Waals surface area contributed by atoms with Gasteiger partial charge in [-0.2, -0.15) is 0 Å². The number of amides is 2. The van der Waals surface area contributed by atoms with E-state index < -0.39 is 0 Å². The summed E-state index contributed by atoms with van der Waals surface area (Å²) >= 11 is 0. The lowest BCUT2D eigenvalue weighted by Gasteiger charge is -2.49. The maximum Gasteiger partial charge on any atom is 0.317 e. The molecule has 0 aromatic heterocycles. The van der Waals surface area contributed by atoms with Crippen molar-refractivity contribution in [2.24, 2.45) is 5.41 Å². The van der Waals surface area contributed by atoms with Crippen LogP contribution < -0.4 is 5.32 Å². The van der Waals surface area contributed by atoms with Crippen LogP contribution in [0.3, 0.4) is 0 Å². The van der Waals surface area contributed by atoms with Crippen molar-refractivity contribution in [3.8, 4) is 0 Å². The molecule has 86 valence electrons. The van der Waals surface area contributed by atoms with Crippen molar-refractivity contribution in [3.05, 3.63) is 0 Å². The summed E-state index contributed by atoms with van der Waals surface area (Å²) in [4.78, 5) is 13.6. The second-order valence-electron chi connectivity index (χ2n) is 5.27. The van der Waals surface area contributed by atoms with Gasteiger partial charge in [-0.1, -0.05) is 13.8 Å². The molecule has 2 amide bonds. The summed E-state index contributed by atoms with van der Waals surface area (Å²) in [5, 5.41) is 12.6. The molecule has 2 unspecified atom stereocenters. The van der Waals surface area contributed by atoms with Crippen LogP contribution in [-0.4, -0.2) is 41.3 Å². The van der Waals surface area contributed by atoms with E-state index in [1.54, 1.807) is 0 Å². The maximum atomic E-state index is 11.8. The molecule has 1 saturated heterocycles. The zero-order valence-corrected chi connectivity index (χ0v) is 9.49. The third-order valence-electron chi connectivity index (χ3n) is 3.91. The van der Waals surface area contributed by atoms with Gasteiger partial charge in [-0.15, -0.1) is 0 Å². The van der Waals surface area contributed by atoms with Crippen molar-refractivity contribution < 1.29 is 9.90 Å². The first-order chi connectivity index (χ1) is 7.01. The fourth-order valence-electron chi connectivity index (χ4n) is 2.31. The molecule has 0 aromatic rings. The number of nitrogens with zero attached hydrogens (tertiary/aromatic N) is 1. The van der Waals surface area contributed by atoms with Gasteiger partial charge in [0.05, 0.1) is 6.10 Å². The molecular formula is C11H20N2O2. The van der Waals surface area contributed by atoms with Gasteiger partial charge in [-0.3, -0.25) is 0 Å². The van der Waals surface area contributed by atoms with Crippen LogP contribution in [0.25, 0.3) is 0 Å². The normalized spacial score (nSPS) is 33.7. The highest BCUT2D eigenvalue weighted by Crippen LogP contribution is 2.40. The molecule has 0 aromatic carbocycles. The number of likely N-dealkylation sites (tertiary alicyclic amines) is 1. The first-order valence-corrected chi connectivity index (χ1v) is 5.75. The number of urea groups is 1. The largest absolute Gasteiger partial charge is 0.392 e. The quantitative estimate of drug-likeness (QED) is 0.680. The van der Waals surface area contributed by atoms with Gasteiger partial charge >= 0.3 is 6.03 Å². The fraction of sp³-hybridized carbons (Fsp3) is 0.909. The van der Waals surface area contributed by atoms with E-state index in [0.29, 0.717) is 6.42 Å². The molecule has 2 N–H and O–H groups in total. The Bertz CT molecular complexity index is 259. The standard InChI is InChI=1S/C11H20N2O2/c1-11(2)8(7-9(11)14)12-10(15)13-5-3-4-6-13/h8-9,14H,3-7H2,1-2H3,(H,12,15). The molecule has 4 nitrogen and oxygen atoms in total. The Kier molecular flexibility index (Phi) is 2.63. The molecule has 15 heavy (non-hydrogen) atoms. The lowest BCUT2D eigenvalue weighted by Crippen LogP contribution is -2.62. The molecule has 1 heterocycles. The highest BCUT2D eigenvalue weighted by atomic mass is 16.3. The minimum Gasteiger partial charge on any atom is -0.392 e. The van der Waals surface area contributed by atoms with Crippen molar-refractivity contribution in [1.82, 2.24) is 10.2 Å². The van der Waals surface area contributed by atoms with Crippen LogP contribution in [0.1, 0.15) is 33.1 Å². The van der Waals surface area contributed by atoms with E-state index in [1.807, 2.05) is 18.7 Å². The van der Waals surface area contributed by atoms with Gasteiger partial charge < -0.3 is 15.3 Å². The molecule has 1 aliphatic heterocycles. The van der Waals surface area contributed by atoms with Crippen molar-refractivity contribution in [1.29, 1.82) is 0 Å². The van der Waals surface area contributed by atoms with Crippen molar-refractivity contribution in [2.75, 3.05) is 13.1 Å². The fourth-order valence-corrected chi connectivity index (χ4v) is 2.31. The number of hydrogen-bond donors (Lipinski definition) is 2. The molecule has 1 aliphatic carbocycles. The summed E-state index contributed by atoms with van der Waals surface area (Å²) in [7, 11) is 0. The Morgan fingerprint density at radius 3 is 2.47 bits per heavy atom. The van der Waals surface area contributed by atoms with E-state index in [9.17, 15) is 9.90 Å². The molecule has 4 heteroatoms. The summed E-state index contributed by atoms with van der Waals surface area (Å²) in [5.41, 5.74) is -0.171. The molecule has 0 radical (unpaired) electrons.